The molecule has 10 heavy (non-hydrogen) atoms. The van der Waals surface area contributed by atoms with Crippen LogP contribution in [0.5, 0.6) is 0 Å². The normalized spacial score (nSPS) is 33.3. The SMILES string of the molecule is O=CO[C@@H]1CCCC[C@@H]1O. The number of aliphatic hydroxyl groups is 1. The van der Waals surface area contributed by atoms with Crippen LogP contribution in [0, 0.1) is 0 Å². The molecule has 0 aromatic rings. The van der Waals surface area contributed by atoms with E-state index in [0.29, 0.717) is 6.47 Å². The van der Waals surface area contributed by atoms with Crippen molar-refractivity contribution >= 4 is 6.47 Å². The van der Waals surface area contributed by atoms with Crippen molar-refractivity contribution in [3.05, 3.63) is 0 Å². The maximum Gasteiger partial charge on any atom is 0.293 e. The fourth-order valence-electron chi connectivity index (χ4n) is 1.31. The number of carbonyl (C=O) groups is 1. The smallest absolute Gasteiger partial charge is 0.293 e. The standard InChI is InChI=1S/C7H12O3/c8-5-10-7-4-2-1-3-6(7)9/h5-7,9H,1-4H2/t6-,7+/m0/s1. The van der Waals surface area contributed by atoms with E-state index in [9.17, 15) is 9.90 Å². The summed E-state index contributed by atoms with van der Waals surface area (Å²) in [5, 5.41) is 9.22. The lowest BCUT2D eigenvalue weighted by atomic mass is 9.95. The minimum atomic E-state index is -0.432. The van der Waals surface area contributed by atoms with E-state index in [1.165, 1.54) is 0 Å². The first-order chi connectivity index (χ1) is 4.84. The summed E-state index contributed by atoms with van der Waals surface area (Å²) in [5.74, 6) is 0. The first kappa shape index (κ1) is 7.54. The number of ether oxygens (including phenoxy) is 1. The van der Waals surface area contributed by atoms with Gasteiger partial charge in [0.1, 0.15) is 6.10 Å². The molecule has 0 amide bonds. The summed E-state index contributed by atoms with van der Waals surface area (Å²) < 4.78 is 4.66. The Balaban J connectivity index is 2.32. The lowest BCUT2D eigenvalue weighted by Crippen LogP contribution is -2.31. The molecule has 1 aliphatic rings. The molecular weight excluding hydrogens is 132 g/mol. The fourth-order valence-corrected chi connectivity index (χ4v) is 1.31. The van der Waals surface area contributed by atoms with Gasteiger partial charge in [-0.3, -0.25) is 4.79 Å². The maximum absolute atomic E-state index is 9.89. The molecule has 0 unspecified atom stereocenters. The Morgan fingerprint density at radius 3 is 2.70 bits per heavy atom. The average molecular weight is 144 g/mol. The second kappa shape index (κ2) is 3.56. The Morgan fingerprint density at radius 1 is 1.40 bits per heavy atom. The molecule has 0 aromatic carbocycles. The number of aliphatic hydroxyl groups excluding tert-OH is 1. The van der Waals surface area contributed by atoms with E-state index in [-0.39, 0.29) is 6.10 Å². The summed E-state index contributed by atoms with van der Waals surface area (Å²) >= 11 is 0. The van der Waals surface area contributed by atoms with Crippen LogP contribution in [-0.4, -0.2) is 23.8 Å². The average Bonchev–Trinajstić information content (AvgIpc) is 1.94. The molecule has 0 spiro atoms. The molecule has 0 bridgehead atoms. The highest BCUT2D eigenvalue weighted by atomic mass is 16.5. The van der Waals surface area contributed by atoms with Crippen molar-refractivity contribution in [1.29, 1.82) is 0 Å². The van der Waals surface area contributed by atoms with E-state index in [0.717, 1.165) is 25.7 Å². The van der Waals surface area contributed by atoms with Crippen LogP contribution < -0.4 is 0 Å². The van der Waals surface area contributed by atoms with Gasteiger partial charge in [-0.25, -0.2) is 0 Å². The van der Waals surface area contributed by atoms with E-state index < -0.39 is 6.10 Å². The second-order valence-electron chi connectivity index (χ2n) is 2.62. The minimum Gasteiger partial charge on any atom is -0.462 e. The van der Waals surface area contributed by atoms with Gasteiger partial charge in [0, 0.05) is 0 Å². The Hall–Kier alpha value is -0.570. The van der Waals surface area contributed by atoms with Crippen molar-refractivity contribution in [2.75, 3.05) is 0 Å². The van der Waals surface area contributed by atoms with E-state index >= 15 is 0 Å². The van der Waals surface area contributed by atoms with Gasteiger partial charge in [-0.2, -0.15) is 0 Å². The third-order valence-electron chi connectivity index (χ3n) is 1.90. The molecule has 0 saturated heterocycles. The summed E-state index contributed by atoms with van der Waals surface area (Å²) in [7, 11) is 0. The topological polar surface area (TPSA) is 46.5 Å². The van der Waals surface area contributed by atoms with Gasteiger partial charge in [-0.1, -0.05) is 6.42 Å². The summed E-state index contributed by atoms with van der Waals surface area (Å²) in [6.45, 7) is 0.416. The predicted molar refractivity (Wildman–Crippen MR) is 35.4 cm³/mol. The van der Waals surface area contributed by atoms with Crippen LogP contribution in [0.3, 0.4) is 0 Å². The third-order valence-corrected chi connectivity index (χ3v) is 1.90. The minimum absolute atomic E-state index is 0.244. The summed E-state index contributed by atoms with van der Waals surface area (Å²) in [4.78, 5) is 9.89. The summed E-state index contributed by atoms with van der Waals surface area (Å²) in [5.41, 5.74) is 0. The number of hydrogen-bond acceptors (Lipinski definition) is 3. The van der Waals surface area contributed by atoms with E-state index in [4.69, 9.17) is 0 Å². The van der Waals surface area contributed by atoms with Crippen LogP contribution in [0.1, 0.15) is 25.7 Å². The lowest BCUT2D eigenvalue weighted by Gasteiger charge is -2.25. The van der Waals surface area contributed by atoms with Crippen molar-refractivity contribution in [2.45, 2.75) is 37.9 Å². The zero-order valence-electron chi connectivity index (χ0n) is 5.82. The largest absolute Gasteiger partial charge is 0.462 e. The van der Waals surface area contributed by atoms with Gasteiger partial charge in [-0.05, 0) is 19.3 Å². The van der Waals surface area contributed by atoms with Crippen molar-refractivity contribution in [3.63, 3.8) is 0 Å². The molecule has 2 atom stereocenters. The Kier molecular flexibility index (Phi) is 2.68. The molecular formula is C7H12O3. The highest BCUT2D eigenvalue weighted by Crippen LogP contribution is 2.20. The van der Waals surface area contributed by atoms with Crippen LogP contribution in [0.25, 0.3) is 0 Å². The Bertz CT molecular complexity index is 113. The van der Waals surface area contributed by atoms with Gasteiger partial charge >= 0.3 is 0 Å². The summed E-state index contributed by atoms with van der Waals surface area (Å²) in [6.07, 6.45) is 2.98. The van der Waals surface area contributed by atoms with Crippen molar-refractivity contribution < 1.29 is 14.6 Å². The molecule has 1 aliphatic carbocycles. The molecule has 0 heterocycles. The Morgan fingerprint density at radius 2 is 2.10 bits per heavy atom. The molecule has 0 aliphatic heterocycles. The molecule has 3 nitrogen and oxygen atoms in total. The van der Waals surface area contributed by atoms with Crippen LogP contribution in [-0.2, 0) is 9.53 Å². The molecule has 1 saturated carbocycles. The van der Waals surface area contributed by atoms with Gasteiger partial charge < -0.3 is 9.84 Å². The van der Waals surface area contributed by atoms with E-state index in [2.05, 4.69) is 4.74 Å². The highest BCUT2D eigenvalue weighted by Gasteiger charge is 2.23. The zero-order valence-corrected chi connectivity index (χ0v) is 5.82. The fraction of sp³-hybridized carbons (Fsp3) is 0.857. The molecule has 3 heteroatoms. The lowest BCUT2D eigenvalue weighted by molar-refractivity contribution is -0.141. The van der Waals surface area contributed by atoms with Crippen LogP contribution in [0.15, 0.2) is 0 Å². The maximum atomic E-state index is 9.89. The first-order valence-corrected chi connectivity index (χ1v) is 3.62. The summed E-state index contributed by atoms with van der Waals surface area (Å²) in [6, 6.07) is 0. The molecule has 0 radical (unpaired) electrons. The highest BCUT2D eigenvalue weighted by molar-refractivity contribution is 5.37. The van der Waals surface area contributed by atoms with Gasteiger partial charge in [0.2, 0.25) is 0 Å². The van der Waals surface area contributed by atoms with Gasteiger partial charge in [0.05, 0.1) is 6.10 Å². The predicted octanol–water partition coefficient (Wildman–Crippen LogP) is 0.463. The van der Waals surface area contributed by atoms with E-state index in [1.54, 1.807) is 0 Å². The van der Waals surface area contributed by atoms with Crippen LogP contribution in [0.2, 0.25) is 0 Å². The second-order valence-corrected chi connectivity index (χ2v) is 2.62. The zero-order chi connectivity index (χ0) is 7.40. The molecule has 1 rings (SSSR count). The number of rotatable bonds is 2. The van der Waals surface area contributed by atoms with Crippen LogP contribution >= 0.6 is 0 Å². The number of hydrogen-bond donors (Lipinski definition) is 1. The molecule has 1 fully saturated rings. The molecule has 0 aromatic heterocycles. The Labute approximate surface area is 60.0 Å². The van der Waals surface area contributed by atoms with E-state index in [1.807, 2.05) is 0 Å². The first-order valence-electron chi connectivity index (χ1n) is 3.62. The molecule has 58 valence electrons. The molecule has 1 N–H and O–H groups in total. The van der Waals surface area contributed by atoms with Gasteiger partial charge in [-0.15, -0.1) is 0 Å². The quantitative estimate of drug-likeness (QED) is 0.573. The van der Waals surface area contributed by atoms with Crippen LogP contribution in [0.4, 0.5) is 0 Å². The van der Waals surface area contributed by atoms with Crippen molar-refractivity contribution in [3.8, 4) is 0 Å². The number of carbonyl (C=O) groups excluding carboxylic acids is 1. The van der Waals surface area contributed by atoms with Crippen molar-refractivity contribution in [2.24, 2.45) is 0 Å². The van der Waals surface area contributed by atoms with Gasteiger partial charge in [0.15, 0.2) is 0 Å². The van der Waals surface area contributed by atoms with Gasteiger partial charge in [0.25, 0.3) is 6.47 Å². The third kappa shape index (κ3) is 1.70. The van der Waals surface area contributed by atoms with Crippen molar-refractivity contribution in [1.82, 2.24) is 0 Å². The monoisotopic (exact) mass is 144 g/mol.